The van der Waals surface area contributed by atoms with Gasteiger partial charge in [0.25, 0.3) is 5.91 Å². The molecule has 0 saturated heterocycles. The molecule has 0 aliphatic heterocycles. The van der Waals surface area contributed by atoms with E-state index in [9.17, 15) is 17.6 Å². The monoisotopic (exact) mass is 426 g/mol. The topological polar surface area (TPSA) is 66.5 Å². The summed E-state index contributed by atoms with van der Waals surface area (Å²) in [6.45, 7) is 4.03. The molecular formula is C23H23FN2O3S. The molecule has 0 aliphatic rings. The first-order valence-electron chi connectivity index (χ1n) is 9.34. The second-order valence-corrected chi connectivity index (χ2v) is 9.10. The van der Waals surface area contributed by atoms with Crippen LogP contribution in [0.1, 0.15) is 27.0 Å². The molecule has 30 heavy (non-hydrogen) atoms. The van der Waals surface area contributed by atoms with Gasteiger partial charge in [-0.25, -0.2) is 12.8 Å². The Hall–Kier alpha value is -3.19. The van der Waals surface area contributed by atoms with Crippen LogP contribution < -0.4 is 9.62 Å². The van der Waals surface area contributed by atoms with Crippen LogP contribution in [0.5, 0.6) is 0 Å². The summed E-state index contributed by atoms with van der Waals surface area (Å²) in [4.78, 5) is 12.5. The minimum absolute atomic E-state index is 0.0628. The van der Waals surface area contributed by atoms with Gasteiger partial charge >= 0.3 is 0 Å². The van der Waals surface area contributed by atoms with Crippen LogP contribution >= 0.6 is 0 Å². The van der Waals surface area contributed by atoms with E-state index in [1.54, 1.807) is 36.4 Å². The fourth-order valence-electron chi connectivity index (χ4n) is 2.96. The molecule has 7 heteroatoms. The SMILES string of the molecule is Cc1ccc(NC(=O)c2ccc(N(Cc3ccc(F)cc3)S(C)(=O)=O)cc2)cc1C. The molecule has 156 valence electrons. The number of carbonyl (C=O) groups excluding carboxylic acids is 1. The van der Waals surface area contributed by atoms with E-state index in [1.165, 1.54) is 16.4 Å². The van der Waals surface area contributed by atoms with Crippen molar-refractivity contribution in [3.05, 3.63) is 94.8 Å². The summed E-state index contributed by atoms with van der Waals surface area (Å²) in [5.74, 6) is -0.668. The molecule has 3 aromatic rings. The lowest BCUT2D eigenvalue weighted by atomic mass is 10.1. The molecular weight excluding hydrogens is 403 g/mol. The van der Waals surface area contributed by atoms with Crippen LogP contribution in [0, 0.1) is 19.7 Å². The maximum absolute atomic E-state index is 13.1. The van der Waals surface area contributed by atoms with Crippen LogP contribution in [0.2, 0.25) is 0 Å². The van der Waals surface area contributed by atoms with Gasteiger partial charge < -0.3 is 5.32 Å². The first kappa shape index (κ1) is 21.5. The molecule has 0 heterocycles. The van der Waals surface area contributed by atoms with Gasteiger partial charge in [0.2, 0.25) is 10.0 Å². The molecule has 3 aromatic carbocycles. The summed E-state index contributed by atoms with van der Waals surface area (Å²) in [5.41, 5.74) is 4.39. The molecule has 0 aromatic heterocycles. The zero-order valence-corrected chi connectivity index (χ0v) is 17.8. The number of carbonyl (C=O) groups is 1. The maximum atomic E-state index is 13.1. The van der Waals surface area contributed by atoms with Crippen molar-refractivity contribution in [1.29, 1.82) is 0 Å². The summed E-state index contributed by atoms with van der Waals surface area (Å²) in [6.07, 6.45) is 1.11. The zero-order chi connectivity index (χ0) is 21.9. The predicted octanol–water partition coefficient (Wildman–Crippen LogP) is 4.66. The van der Waals surface area contributed by atoms with Gasteiger partial charge in [-0.05, 0) is 79.1 Å². The highest BCUT2D eigenvalue weighted by Gasteiger charge is 2.18. The van der Waals surface area contributed by atoms with Crippen molar-refractivity contribution in [2.75, 3.05) is 15.9 Å². The predicted molar refractivity (Wildman–Crippen MR) is 118 cm³/mol. The lowest BCUT2D eigenvalue weighted by Gasteiger charge is -2.22. The zero-order valence-electron chi connectivity index (χ0n) is 17.0. The molecule has 0 fully saturated rings. The first-order valence-corrected chi connectivity index (χ1v) is 11.2. The van der Waals surface area contributed by atoms with Crippen LogP contribution in [0.15, 0.2) is 66.7 Å². The van der Waals surface area contributed by atoms with Gasteiger partial charge in [0.05, 0.1) is 18.5 Å². The Balaban J connectivity index is 1.79. The van der Waals surface area contributed by atoms with Crippen LogP contribution in [0.25, 0.3) is 0 Å². The largest absolute Gasteiger partial charge is 0.322 e. The summed E-state index contributed by atoms with van der Waals surface area (Å²) in [7, 11) is -3.58. The number of hydrogen-bond acceptors (Lipinski definition) is 3. The Morgan fingerprint density at radius 2 is 1.57 bits per heavy atom. The third-order valence-corrected chi connectivity index (χ3v) is 5.96. The van der Waals surface area contributed by atoms with Crippen LogP contribution in [0.3, 0.4) is 0 Å². The quantitative estimate of drug-likeness (QED) is 0.623. The molecule has 0 saturated carbocycles. The van der Waals surface area contributed by atoms with E-state index < -0.39 is 10.0 Å². The molecule has 0 bridgehead atoms. The number of aryl methyl sites for hydroxylation is 2. The van der Waals surface area contributed by atoms with E-state index >= 15 is 0 Å². The van der Waals surface area contributed by atoms with Crippen molar-refractivity contribution >= 4 is 27.3 Å². The van der Waals surface area contributed by atoms with Crippen LogP contribution in [0.4, 0.5) is 15.8 Å². The number of hydrogen-bond donors (Lipinski definition) is 1. The Bertz CT molecular complexity index is 1160. The van der Waals surface area contributed by atoms with Crippen molar-refractivity contribution < 1.29 is 17.6 Å². The van der Waals surface area contributed by atoms with E-state index in [0.717, 1.165) is 17.4 Å². The fourth-order valence-corrected chi connectivity index (χ4v) is 3.85. The average molecular weight is 427 g/mol. The maximum Gasteiger partial charge on any atom is 0.255 e. The minimum atomic E-state index is -3.58. The molecule has 0 spiro atoms. The average Bonchev–Trinajstić information content (AvgIpc) is 2.69. The van der Waals surface area contributed by atoms with Gasteiger partial charge in [0, 0.05) is 11.3 Å². The Labute approximate surface area is 176 Å². The van der Waals surface area contributed by atoms with E-state index in [4.69, 9.17) is 0 Å². The standard InChI is InChI=1S/C23H23FN2O3S/c1-16-4-11-21(14-17(16)2)25-23(27)19-7-12-22(13-8-19)26(30(3,28)29)15-18-5-9-20(24)10-6-18/h4-14H,15H2,1-3H3,(H,25,27). The second-order valence-electron chi connectivity index (χ2n) is 7.20. The summed E-state index contributed by atoms with van der Waals surface area (Å²) in [5, 5.41) is 2.84. The highest BCUT2D eigenvalue weighted by Crippen LogP contribution is 2.22. The lowest BCUT2D eigenvalue weighted by Crippen LogP contribution is -2.29. The second kappa shape index (κ2) is 8.67. The third kappa shape index (κ3) is 5.24. The molecule has 0 radical (unpaired) electrons. The molecule has 0 unspecified atom stereocenters. The molecule has 1 amide bonds. The minimum Gasteiger partial charge on any atom is -0.322 e. The first-order chi connectivity index (χ1) is 14.1. The molecule has 3 rings (SSSR count). The third-order valence-electron chi connectivity index (χ3n) is 4.82. The van der Waals surface area contributed by atoms with Gasteiger partial charge in [-0.1, -0.05) is 18.2 Å². The van der Waals surface area contributed by atoms with Gasteiger partial charge in [-0.3, -0.25) is 9.10 Å². The fraction of sp³-hybridized carbons (Fsp3) is 0.174. The van der Waals surface area contributed by atoms with Crippen molar-refractivity contribution in [2.24, 2.45) is 0 Å². The van der Waals surface area contributed by atoms with Crippen molar-refractivity contribution in [3.8, 4) is 0 Å². The van der Waals surface area contributed by atoms with Crippen molar-refractivity contribution in [2.45, 2.75) is 20.4 Å². The number of rotatable bonds is 6. The summed E-state index contributed by atoms with van der Waals surface area (Å²) >= 11 is 0. The number of halogens is 1. The van der Waals surface area contributed by atoms with Crippen molar-refractivity contribution in [3.63, 3.8) is 0 Å². The van der Waals surface area contributed by atoms with Gasteiger partial charge in [-0.15, -0.1) is 0 Å². The Kier molecular flexibility index (Phi) is 6.22. The van der Waals surface area contributed by atoms with E-state index in [2.05, 4.69) is 5.32 Å². The van der Waals surface area contributed by atoms with Crippen LogP contribution in [-0.4, -0.2) is 20.6 Å². The normalized spacial score (nSPS) is 11.2. The number of benzene rings is 3. The van der Waals surface area contributed by atoms with Gasteiger partial charge in [-0.2, -0.15) is 0 Å². The number of sulfonamides is 1. The number of amides is 1. The Morgan fingerprint density at radius 3 is 2.13 bits per heavy atom. The number of anilines is 2. The Morgan fingerprint density at radius 1 is 0.933 bits per heavy atom. The highest BCUT2D eigenvalue weighted by molar-refractivity contribution is 7.92. The van der Waals surface area contributed by atoms with E-state index in [-0.39, 0.29) is 18.3 Å². The smallest absolute Gasteiger partial charge is 0.255 e. The summed E-state index contributed by atoms with van der Waals surface area (Å²) < 4.78 is 38.9. The summed E-state index contributed by atoms with van der Waals surface area (Å²) in [6, 6.07) is 17.7. The number of nitrogens with zero attached hydrogens (tertiary/aromatic N) is 1. The van der Waals surface area contributed by atoms with Gasteiger partial charge in [0.1, 0.15) is 5.82 Å². The molecule has 5 nitrogen and oxygen atoms in total. The molecule has 0 atom stereocenters. The van der Waals surface area contributed by atoms with E-state index in [0.29, 0.717) is 22.5 Å². The lowest BCUT2D eigenvalue weighted by molar-refractivity contribution is 0.102. The van der Waals surface area contributed by atoms with Gasteiger partial charge in [0.15, 0.2) is 0 Å². The number of nitrogens with one attached hydrogen (secondary N) is 1. The van der Waals surface area contributed by atoms with E-state index in [1.807, 2.05) is 32.0 Å². The van der Waals surface area contributed by atoms with Crippen molar-refractivity contribution in [1.82, 2.24) is 0 Å². The van der Waals surface area contributed by atoms with Crippen LogP contribution in [-0.2, 0) is 16.6 Å². The highest BCUT2D eigenvalue weighted by atomic mass is 32.2. The molecule has 1 N–H and O–H groups in total. The molecule has 0 aliphatic carbocycles.